The van der Waals surface area contributed by atoms with E-state index in [1.807, 2.05) is 36.4 Å². The molecule has 172 valence electrons. The Bertz CT molecular complexity index is 1410. The van der Waals surface area contributed by atoms with E-state index in [0.29, 0.717) is 46.9 Å². The Morgan fingerprint density at radius 2 is 1.97 bits per heavy atom. The molecule has 0 aliphatic carbocycles. The highest BCUT2D eigenvalue weighted by Gasteiger charge is 2.17. The zero-order chi connectivity index (χ0) is 23.3. The number of H-pyrrole nitrogens is 1. The van der Waals surface area contributed by atoms with Crippen molar-refractivity contribution in [3.8, 4) is 17.0 Å². The van der Waals surface area contributed by atoms with Crippen molar-refractivity contribution >= 4 is 44.8 Å². The molecule has 34 heavy (non-hydrogen) atoms. The van der Waals surface area contributed by atoms with Crippen LogP contribution < -0.4 is 10.1 Å². The fourth-order valence-electron chi connectivity index (χ4n) is 3.54. The fourth-order valence-corrected chi connectivity index (χ4v) is 4.57. The minimum atomic E-state index is 0.0837. The molecule has 0 aliphatic rings. The number of hydrogen-bond donors (Lipinski definition) is 3. The number of aliphatic hydroxyl groups excluding tert-OH is 1. The monoisotopic (exact) mass is 492 g/mol. The van der Waals surface area contributed by atoms with Gasteiger partial charge in [0.2, 0.25) is 0 Å². The molecule has 3 N–H and O–H groups in total. The van der Waals surface area contributed by atoms with Crippen LogP contribution in [0.1, 0.15) is 10.6 Å². The smallest absolute Gasteiger partial charge is 0.188 e. The van der Waals surface area contributed by atoms with Crippen LogP contribution in [-0.2, 0) is 12.8 Å². The molecule has 10 heteroatoms. The highest BCUT2D eigenvalue weighted by molar-refractivity contribution is 7.15. The zero-order valence-corrected chi connectivity index (χ0v) is 19.6. The van der Waals surface area contributed by atoms with E-state index in [2.05, 4.69) is 30.5 Å². The molecule has 0 saturated heterocycles. The molecular formula is C24H21ClN6O2S. The summed E-state index contributed by atoms with van der Waals surface area (Å²) in [6.45, 7) is 0.532. The van der Waals surface area contributed by atoms with Crippen LogP contribution in [0.3, 0.4) is 0 Å². The van der Waals surface area contributed by atoms with Gasteiger partial charge in [-0.05, 0) is 36.4 Å². The summed E-state index contributed by atoms with van der Waals surface area (Å²) in [5, 5.41) is 22.1. The first kappa shape index (κ1) is 22.3. The quantitative estimate of drug-likeness (QED) is 0.265. The van der Waals surface area contributed by atoms with Gasteiger partial charge in [-0.2, -0.15) is 5.10 Å². The standard InChI is InChI=1S/C24H21ClN6O2S/c25-19-5-3-9-27-21(19)15-12-18-22(20(13-15)33-11-7-16-4-1-2-8-26-16)30-31-23(18)29-24-28-14-17(34-24)6-10-32/h1-5,8-9,12-14,32H,6-7,10-11H2,(H2,28,29,30,31). The number of ether oxygens (including phenoxy) is 1. The van der Waals surface area contributed by atoms with Crippen molar-refractivity contribution in [2.45, 2.75) is 12.8 Å². The number of pyridine rings is 2. The minimum Gasteiger partial charge on any atom is -0.491 e. The second kappa shape index (κ2) is 10.2. The van der Waals surface area contributed by atoms with Gasteiger partial charge in [-0.25, -0.2) is 4.98 Å². The maximum Gasteiger partial charge on any atom is 0.188 e. The fraction of sp³-hybridized carbons (Fsp3) is 0.167. The summed E-state index contributed by atoms with van der Waals surface area (Å²) in [6.07, 6.45) is 6.47. The van der Waals surface area contributed by atoms with Crippen molar-refractivity contribution in [3.05, 3.63) is 76.6 Å². The number of halogens is 1. The Labute approximate surface area is 204 Å². The average Bonchev–Trinajstić information content (AvgIpc) is 3.47. The second-order valence-electron chi connectivity index (χ2n) is 7.45. The molecule has 0 aliphatic heterocycles. The molecule has 5 rings (SSSR count). The lowest BCUT2D eigenvalue weighted by atomic mass is 10.1. The first-order valence-electron chi connectivity index (χ1n) is 10.7. The number of rotatable bonds is 9. The van der Waals surface area contributed by atoms with E-state index in [1.54, 1.807) is 24.7 Å². The molecule has 0 saturated carbocycles. The average molecular weight is 493 g/mol. The normalized spacial score (nSPS) is 11.1. The molecule has 0 radical (unpaired) electrons. The zero-order valence-electron chi connectivity index (χ0n) is 18.0. The summed E-state index contributed by atoms with van der Waals surface area (Å²) in [5.74, 6) is 1.26. The van der Waals surface area contributed by atoms with Crippen molar-refractivity contribution < 1.29 is 9.84 Å². The Kier molecular flexibility index (Phi) is 6.66. The van der Waals surface area contributed by atoms with E-state index in [1.165, 1.54) is 11.3 Å². The Morgan fingerprint density at radius 3 is 2.79 bits per heavy atom. The number of aromatic amines is 1. The van der Waals surface area contributed by atoms with E-state index in [0.717, 1.165) is 27.0 Å². The Hall–Kier alpha value is -3.53. The highest BCUT2D eigenvalue weighted by Crippen LogP contribution is 2.37. The van der Waals surface area contributed by atoms with Gasteiger partial charge in [0, 0.05) is 59.6 Å². The minimum absolute atomic E-state index is 0.0837. The highest BCUT2D eigenvalue weighted by atomic mass is 35.5. The number of anilines is 2. The number of hydrogen-bond acceptors (Lipinski definition) is 8. The van der Waals surface area contributed by atoms with Crippen molar-refractivity contribution in [1.82, 2.24) is 25.1 Å². The maximum absolute atomic E-state index is 9.17. The second-order valence-corrected chi connectivity index (χ2v) is 8.98. The number of fused-ring (bicyclic) bond motifs is 1. The molecule has 0 amide bonds. The van der Waals surface area contributed by atoms with Crippen LogP contribution in [-0.4, -0.2) is 43.5 Å². The van der Waals surface area contributed by atoms with E-state index < -0.39 is 0 Å². The summed E-state index contributed by atoms with van der Waals surface area (Å²) in [6, 6.07) is 13.3. The van der Waals surface area contributed by atoms with Crippen LogP contribution in [0, 0.1) is 0 Å². The lowest BCUT2D eigenvalue weighted by molar-refractivity contribution is 0.300. The third kappa shape index (κ3) is 4.86. The third-order valence-corrected chi connectivity index (χ3v) is 6.43. The predicted octanol–water partition coefficient (Wildman–Crippen LogP) is 5.03. The van der Waals surface area contributed by atoms with E-state index >= 15 is 0 Å². The lowest BCUT2D eigenvalue weighted by Crippen LogP contribution is -2.03. The molecule has 5 aromatic rings. The Morgan fingerprint density at radius 1 is 1.06 bits per heavy atom. The van der Waals surface area contributed by atoms with Gasteiger partial charge in [-0.1, -0.05) is 17.7 Å². The number of aliphatic hydroxyl groups is 1. The van der Waals surface area contributed by atoms with Gasteiger partial charge < -0.3 is 15.2 Å². The van der Waals surface area contributed by atoms with Crippen molar-refractivity contribution in [2.24, 2.45) is 0 Å². The molecule has 0 unspecified atom stereocenters. The molecule has 8 nitrogen and oxygen atoms in total. The molecule has 1 aromatic carbocycles. The molecule has 0 bridgehead atoms. The van der Waals surface area contributed by atoms with Crippen LogP contribution in [0.4, 0.5) is 10.9 Å². The van der Waals surface area contributed by atoms with Crippen molar-refractivity contribution in [1.29, 1.82) is 0 Å². The van der Waals surface area contributed by atoms with Gasteiger partial charge in [0.05, 0.1) is 17.3 Å². The van der Waals surface area contributed by atoms with Gasteiger partial charge in [-0.15, -0.1) is 11.3 Å². The summed E-state index contributed by atoms with van der Waals surface area (Å²) in [4.78, 5) is 14.2. The number of aromatic nitrogens is 5. The van der Waals surface area contributed by atoms with E-state index in [4.69, 9.17) is 21.4 Å². The molecule has 4 heterocycles. The van der Waals surface area contributed by atoms with Gasteiger partial charge in [0.1, 0.15) is 11.3 Å². The molecule has 4 aromatic heterocycles. The van der Waals surface area contributed by atoms with E-state index in [-0.39, 0.29) is 6.61 Å². The number of nitrogens with zero attached hydrogens (tertiary/aromatic N) is 4. The molecule has 0 atom stereocenters. The first-order valence-corrected chi connectivity index (χ1v) is 11.9. The van der Waals surface area contributed by atoms with Crippen LogP contribution in [0.25, 0.3) is 22.2 Å². The summed E-state index contributed by atoms with van der Waals surface area (Å²) in [5.41, 5.74) is 3.19. The predicted molar refractivity (Wildman–Crippen MR) is 134 cm³/mol. The van der Waals surface area contributed by atoms with Crippen LogP contribution in [0.15, 0.2) is 61.1 Å². The summed E-state index contributed by atoms with van der Waals surface area (Å²) < 4.78 is 6.17. The van der Waals surface area contributed by atoms with Crippen LogP contribution in [0.2, 0.25) is 5.02 Å². The van der Waals surface area contributed by atoms with Crippen LogP contribution in [0.5, 0.6) is 5.75 Å². The number of benzene rings is 1. The molecular weight excluding hydrogens is 472 g/mol. The topological polar surface area (TPSA) is 109 Å². The van der Waals surface area contributed by atoms with Gasteiger partial charge in [0.25, 0.3) is 0 Å². The molecule has 0 fully saturated rings. The lowest BCUT2D eigenvalue weighted by Gasteiger charge is -2.11. The number of nitrogens with one attached hydrogen (secondary N) is 2. The van der Waals surface area contributed by atoms with E-state index in [9.17, 15) is 0 Å². The van der Waals surface area contributed by atoms with Gasteiger partial charge in [-0.3, -0.25) is 15.1 Å². The first-order chi connectivity index (χ1) is 16.7. The van der Waals surface area contributed by atoms with Gasteiger partial charge >= 0.3 is 0 Å². The Balaban J connectivity index is 1.49. The SMILES string of the molecule is OCCc1cnc(Nc2n[nH]c3c(OCCc4ccccn4)cc(-c4ncccc4Cl)cc23)s1. The van der Waals surface area contributed by atoms with Crippen LogP contribution >= 0.6 is 22.9 Å². The van der Waals surface area contributed by atoms with Crippen molar-refractivity contribution in [3.63, 3.8) is 0 Å². The number of thiazole rings is 1. The van der Waals surface area contributed by atoms with Gasteiger partial charge in [0.15, 0.2) is 10.9 Å². The largest absolute Gasteiger partial charge is 0.491 e. The molecule has 0 spiro atoms. The summed E-state index contributed by atoms with van der Waals surface area (Å²) >= 11 is 7.92. The summed E-state index contributed by atoms with van der Waals surface area (Å²) in [7, 11) is 0. The van der Waals surface area contributed by atoms with Crippen molar-refractivity contribution in [2.75, 3.05) is 18.5 Å². The maximum atomic E-state index is 9.17. The third-order valence-electron chi connectivity index (χ3n) is 5.15.